The van der Waals surface area contributed by atoms with E-state index in [9.17, 15) is 5.11 Å². The highest BCUT2D eigenvalue weighted by Gasteiger charge is 2.10. The average molecular weight is 253 g/mol. The predicted octanol–water partition coefficient (Wildman–Crippen LogP) is 1.61. The first kappa shape index (κ1) is 15.0. The molecule has 18 heavy (non-hydrogen) atoms. The Morgan fingerprint density at radius 3 is 2.72 bits per heavy atom. The largest absolute Gasteiger partial charge is 0.490 e. The quantitative estimate of drug-likeness (QED) is 0.658. The van der Waals surface area contributed by atoms with Crippen molar-refractivity contribution in [2.24, 2.45) is 5.73 Å². The van der Waals surface area contributed by atoms with Gasteiger partial charge in [0, 0.05) is 13.0 Å². The summed E-state index contributed by atoms with van der Waals surface area (Å²) in [6.45, 7) is 2.59. The molecule has 0 saturated carbocycles. The van der Waals surface area contributed by atoms with Gasteiger partial charge in [-0.3, -0.25) is 0 Å². The molecule has 102 valence electrons. The van der Waals surface area contributed by atoms with Crippen molar-refractivity contribution in [2.75, 3.05) is 13.2 Å². The molecule has 4 N–H and O–H groups in total. The van der Waals surface area contributed by atoms with Crippen molar-refractivity contribution in [3.8, 4) is 5.75 Å². The lowest BCUT2D eigenvalue weighted by Crippen LogP contribution is -2.17. The minimum absolute atomic E-state index is 0.0110. The van der Waals surface area contributed by atoms with Crippen molar-refractivity contribution in [3.63, 3.8) is 0 Å². The monoisotopic (exact) mass is 253 g/mol. The van der Waals surface area contributed by atoms with Gasteiger partial charge in [-0.15, -0.1) is 0 Å². The molecule has 1 rings (SSSR count). The summed E-state index contributed by atoms with van der Waals surface area (Å²) in [6.07, 6.45) is 1.47. The maximum atomic E-state index is 9.86. The summed E-state index contributed by atoms with van der Waals surface area (Å²) >= 11 is 0. The van der Waals surface area contributed by atoms with E-state index < -0.39 is 6.10 Å². The number of rotatable bonds is 8. The minimum atomic E-state index is -0.545. The van der Waals surface area contributed by atoms with Crippen LogP contribution < -0.4 is 10.5 Å². The number of hydrogen-bond donors (Lipinski definition) is 3. The minimum Gasteiger partial charge on any atom is -0.490 e. The van der Waals surface area contributed by atoms with Crippen LogP contribution in [0.15, 0.2) is 24.3 Å². The molecule has 0 bridgehead atoms. The lowest BCUT2D eigenvalue weighted by Gasteiger charge is -2.18. The smallest absolute Gasteiger partial charge is 0.120 e. The van der Waals surface area contributed by atoms with Crippen LogP contribution in [0.1, 0.15) is 37.9 Å². The van der Waals surface area contributed by atoms with E-state index in [1.165, 1.54) is 0 Å². The number of hydrogen-bond acceptors (Lipinski definition) is 4. The second kappa shape index (κ2) is 8.08. The molecule has 2 atom stereocenters. The molecule has 0 spiro atoms. The third kappa shape index (κ3) is 4.64. The predicted molar refractivity (Wildman–Crippen MR) is 71.5 cm³/mol. The second-order valence-electron chi connectivity index (χ2n) is 4.33. The summed E-state index contributed by atoms with van der Waals surface area (Å²) in [7, 11) is 0. The molecule has 1 aromatic rings. The lowest BCUT2D eigenvalue weighted by molar-refractivity contribution is 0.148. The third-order valence-corrected chi connectivity index (χ3v) is 2.89. The first-order valence-corrected chi connectivity index (χ1v) is 6.46. The summed E-state index contributed by atoms with van der Waals surface area (Å²) in [4.78, 5) is 0. The second-order valence-corrected chi connectivity index (χ2v) is 4.33. The zero-order valence-corrected chi connectivity index (χ0v) is 10.9. The molecule has 1 aromatic carbocycles. The van der Waals surface area contributed by atoms with E-state index in [4.69, 9.17) is 15.6 Å². The molecule has 0 aromatic heterocycles. The van der Waals surface area contributed by atoms with Crippen LogP contribution in [0, 0.1) is 0 Å². The van der Waals surface area contributed by atoms with Crippen molar-refractivity contribution < 1.29 is 14.9 Å². The fourth-order valence-electron chi connectivity index (χ4n) is 1.80. The highest BCUT2D eigenvalue weighted by Crippen LogP contribution is 2.22. The van der Waals surface area contributed by atoms with Gasteiger partial charge in [-0.2, -0.15) is 0 Å². The maximum Gasteiger partial charge on any atom is 0.120 e. The van der Waals surface area contributed by atoms with Crippen LogP contribution in [-0.2, 0) is 0 Å². The molecule has 2 unspecified atom stereocenters. The van der Waals surface area contributed by atoms with E-state index in [1.807, 2.05) is 31.2 Å². The summed E-state index contributed by atoms with van der Waals surface area (Å²) in [6, 6.07) is 7.41. The first-order chi connectivity index (χ1) is 8.71. The van der Waals surface area contributed by atoms with E-state index in [2.05, 4.69) is 0 Å². The fourth-order valence-corrected chi connectivity index (χ4v) is 1.80. The Bertz CT molecular complexity index is 344. The number of ether oxygens (including phenoxy) is 1. The number of aliphatic hydroxyl groups is 2. The Kier molecular flexibility index (Phi) is 6.72. The zero-order chi connectivity index (χ0) is 13.4. The topological polar surface area (TPSA) is 75.7 Å². The summed E-state index contributed by atoms with van der Waals surface area (Å²) in [5.74, 6) is 0.726. The van der Waals surface area contributed by atoms with E-state index in [0.29, 0.717) is 19.4 Å². The molecule has 0 heterocycles. The number of nitrogens with two attached hydrogens (primary N) is 1. The zero-order valence-electron chi connectivity index (χ0n) is 10.9. The molecule has 0 amide bonds. The van der Waals surface area contributed by atoms with Crippen LogP contribution >= 0.6 is 0 Å². The molecule has 0 aliphatic heterocycles. The normalized spacial score (nSPS) is 14.2. The summed E-state index contributed by atoms with van der Waals surface area (Å²) < 4.78 is 5.77. The van der Waals surface area contributed by atoms with Gasteiger partial charge in [-0.05, 0) is 37.1 Å². The van der Waals surface area contributed by atoms with Gasteiger partial charge in [0.15, 0.2) is 0 Å². The van der Waals surface area contributed by atoms with Crippen molar-refractivity contribution in [3.05, 3.63) is 29.8 Å². The van der Waals surface area contributed by atoms with Crippen LogP contribution in [0.2, 0.25) is 0 Å². The Hall–Kier alpha value is -1.10. The molecule has 0 fully saturated rings. The Balaban J connectivity index is 2.69. The highest BCUT2D eigenvalue weighted by molar-refractivity contribution is 5.30. The van der Waals surface area contributed by atoms with Crippen molar-refractivity contribution in [1.29, 1.82) is 0 Å². The Morgan fingerprint density at radius 2 is 2.11 bits per heavy atom. The molecule has 0 aliphatic carbocycles. The molecule has 0 radical (unpaired) electrons. The third-order valence-electron chi connectivity index (χ3n) is 2.89. The Morgan fingerprint density at radius 1 is 1.33 bits per heavy atom. The van der Waals surface area contributed by atoms with Gasteiger partial charge >= 0.3 is 0 Å². The lowest BCUT2D eigenvalue weighted by atomic mass is 10.1. The van der Waals surface area contributed by atoms with E-state index in [1.54, 1.807) is 0 Å². The van der Waals surface area contributed by atoms with Crippen LogP contribution in [0.3, 0.4) is 0 Å². The van der Waals surface area contributed by atoms with Crippen LogP contribution in [0.25, 0.3) is 0 Å². The fraction of sp³-hybridized carbons (Fsp3) is 0.571. The van der Waals surface area contributed by atoms with Gasteiger partial charge in [0.05, 0.1) is 6.10 Å². The Labute approximate surface area is 108 Å². The average Bonchev–Trinajstić information content (AvgIpc) is 2.39. The molecule has 0 saturated heterocycles. The van der Waals surface area contributed by atoms with Gasteiger partial charge in [0.25, 0.3) is 0 Å². The van der Waals surface area contributed by atoms with Crippen molar-refractivity contribution >= 4 is 0 Å². The number of benzene rings is 1. The maximum absolute atomic E-state index is 9.86. The molecule has 4 heteroatoms. The molecular formula is C14H23NO3. The van der Waals surface area contributed by atoms with Gasteiger partial charge in [-0.1, -0.05) is 19.1 Å². The van der Waals surface area contributed by atoms with Crippen molar-refractivity contribution in [2.45, 2.75) is 38.4 Å². The van der Waals surface area contributed by atoms with Crippen LogP contribution in [0.4, 0.5) is 0 Å². The van der Waals surface area contributed by atoms with Gasteiger partial charge < -0.3 is 20.7 Å². The van der Waals surface area contributed by atoms with E-state index >= 15 is 0 Å². The van der Waals surface area contributed by atoms with Gasteiger partial charge in [0.1, 0.15) is 11.9 Å². The molecular weight excluding hydrogens is 230 g/mol. The van der Waals surface area contributed by atoms with Crippen LogP contribution in [-0.4, -0.2) is 29.5 Å². The molecule has 4 nitrogen and oxygen atoms in total. The van der Waals surface area contributed by atoms with E-state index in [0.717, 1.165) is 17.7 Å². The van der Waals surface area contributed by atoms with Crippen LogP contribution in [0.5, 0.6) is 5.75 Å². The summed E-state index contributed by atoms with van der Waals surface area (Å²) in [5, 5.41) is 18.8. The summed E-state index contributed by atoms with van der Waals surface area (Å²) in [5.41, 5.74) is 6.24. The van der Waals surface area contributed by atoms with Gasteiger partial charge in [-0.25, -0.2) is 0 Å². The number of aliphatic hydroxyl groups excluding tert-OH is 2. The standard InChI is InChI=1S/C14H23NO3/c1-2-12(7-9-16)18-13-5-3-4-11(10-13)14(17)6-8-15/h3-5,10,12,14,16-17H,2,6-9,15H2,1H3. The first-order valence-electron chi connectivity index (χ1n) is 6.46. The highest BCUT2D eigenvalue weighted by atomic mass is 16.5. The van der Waals surface area contributed by atoms with Crippen molar-refractivity contribution in [1.82, 2.24) is 0 Å². The van der Waals surface area contributed by atoms with E-state index in [-0.39, 0.29) is 12.7 Å². The molecule has 0 aliphatic rings. The van der Waals surface area contributed by atoms with Gasteiger partial charge in [0.2, 0.25) is 0 Å². The SMILES string of the molecule is CCC(CCO)Oc1cccc(C(O)CCN)c1.